The summed E-state index contributed by atoms with van der Waals surface area (Å²) in [5.41, 5.74) is 0.996. The molecule has 9 heteroatoms. The minimum Gasteiger partial charge on any atom is -0.495 e. The average molecular weight is 452 g/mol. The Kier molecular flexibility index (Phi) is 5.91. The monoisotopic (exact) mass is 451 g/mol. The Morgan fingerprint density at radius 1 is 1.09 bits per heavy atom. The van der Waals surface area contributed by atoms with Crippen LogP contribution in [0.4, 0.5) is 5.82 Å². The Morgan fingerprint density at radius 2 is 1.84 bits per heavy atom. The standard InChI is InChI=1S/C23H21N3O5S/c1-31-19-11-10-17(23(28)25-21-9-5-6-12-24-21)13-20(19)32(29,30)26-15-18(14-22(26)27)16-7-3-2-4-8-16/h2-13,18H,14-15H2,1H3,(H,24,25,28)/t18-/m1/s1. The summed E-state index contributed by atoms with van der Waals surface area (Å²) in [6.07, 6.45) is 1.62. The molecule has 4 rings (SSSR count). The van der Waals surface area contributed by atoms with Crippen LogP contribution in [0.5, 0.6) is 5.75 Å². The average Bonchev–Trinajstić information content (AvgIpc) is 3.22. The van der Waals surface area contributed by atoms with Crippen LogP contribution in [-0.4, -0.2) is 43.2 Å². The molecule has 0 saturated carbocycles. The van der Waals surface area contributed by atoms with Crippen LogP contribution in [0.2, 0.25) is 0 Å². The van der Waals surface area contributed by atoms with Crippen LogP contribution in [0.1, 0.15) is 28.3 Å². The highest BCUT2D eigenvalue weighted by Gasteiger charge is 2.40. The van der Waals surface area contributed by atoms with Crippen LogP contribution in [0.15, 0.2) is 77.8 Å². The van der Waals surface area contributed by atoms with E-state index < -0.39 is 21.8 Å². The van der Waals surface area contributed by atoms with Gasteiger partial charge >= 0.3 is 0 Å². The van der Waals surface area contributed by atoms with Crippen LogP contribution >= 0.6 is 0 Å². The Morgan fingerprint density at radius 3 is 2.53 bits per heavy atom. The summed E-state index contributed by atoms with van der Waals surface area (Å²) in [6.45, 7) is 0.0265. The third-order valence-electron chi connectivity index (χ3n) is 5.26. The number of methoxy groups -OCH3 is 1. The molecule has 0 bridgehead atoms. The Balaban J connectivity index is 1.64. The lowest BCUT2D eigenvalue weighted by atomic mass is 9.99. The van der Waals surface area contributed by atoms with Gasteiger partial charge in [-0.25, -0.2) is 17.7 Å². The van der Waals surface area contributed by atoms with Crippen molar-refractivity contribution in [1.82, 2.24) is 9.29 Å². The Labute approximate surface area is 185 Å². The van der Waals surface area contributed by atoms with E-state index in [2.05, 4.69) is 10.3 Å². The third-order valence-corrected chi connectivity index (χ3v) is 7.06. The van der Waals surface area contributed by atoms with Gasteiger partial charge in [-0.15, -0.1) is 0 Å². The largest absolute Gasteiger partial charge is 0.495 e. The first kappa shape index (κ1) is 21.5. The summed E-state index contributed by atoms with van der Waals surface area (Å²) in [6, 6.07) is 18.4. The first-order chi connectivity index (χ1) is 15.4. The Bertz CT molecular complexity index is 1250. The van der Waals surface area contributed by atoms with Gasteiger partial charge in [-0.1, -0.05) is 36.4 Å². The van der Waals surface area contributed by atoms with Crippen LogP contribution in [0.25, 0.3) is 0 Å². The molecule has 1 saturated heterocycles. The Hall–Kier alpha value is -3.72. The maximum Gasteiger partial charge on any atom is 0.270 e. The number of sulfonamides is 1. The lowest BCUT2D eigenvalue weighted by Gasteiger charge is -2.19. The van der Waals surface area contributed by atoms with Crippen molar-refractivity contribution in [2.45, 2.75) is 17.2 Å². The van der Waals surface area contributed by atoms with Gasteiger partial charge in [0.1, 0.15) is 16.5 Å². The van der Waals surface area contributed by atoms with E-state index in [9.17, 15) is 18.0 Å². The molecule has 3 aromatic rings. The zero-order valence-corrected chi connectivity index (χ0v) is 18.1. The third kappa shape index (κ3) is 4.19. The van der Waals surface area contributed by atoms with Gasteiger partial charge in [0.25, 0.3) is 15.9 Å². The maximum absolute atomic E-state index is 13.4. The van der Waals surface area contributed by atoms with Gasteiger partial charge in [0.2, 0.25) is 5.91 Å². The molecule has 0 aliphatic carbocycles. The van der Waals surface area contributed by atoms with Gasteiger partial charge in [0.15, 0.2) is 0 Å². The molecule has 8 nitrogen and oxygen atoms in total. The molecule has 164 valence electrons. The lowest BCUT2D eigenvalue weighted by Crippen LogP contribution is -2.32. The zero-order chi connectivity index (χ0) is 22.7. The number of carbonyl (C=O) groups excluding carboxylic acids is 2. The van der Waals surface area contributed by atoms with Crippen molar-refractivity contribution >= 4 is 27.7 Å². The number of pyridine rings is 1. The van der Waals surface area contributed by atoms with Crippen LogP contribution in [-0.2, 0) is 14.8 Å². The number of anilines is 1. The van der Waals surface area contributed by atoms with Crippen LogP contribution in [0, 0.1) is 0 Å². The fourth-order valence-corrected chi connectivity index (χ4v) is 5.26. The molecule has 1 atom stereocenters. The van der Waals surface area contributed by atoms with Crippen molar-refractivity contribution in [2.75, 3.05) is 19.0 Å². The molecular formula is C23H21N3O5S. The van der Waals surface area contributed by atoms with Gasteiger partial charge in [-0.05, 0) is 35.9 Å². The number of hydrogen-bond donors (Lipinski definition) is 1. The predicted molar refractivity (Wildman–Crippen MR) is 118 cm³/mol. The number of benzene rings is 2. The van der Waals surface area contributed by atoms with Crippen molar-refractivity contribution in [3.63, 3.8) is 0 Å². The summed E-state index contributed by atoms with van der Waals surface area (Å²) in [4.78, 5) is 29.1. The van der Waals surface area contributed by atoms with Gasteiger partial charge in [0.05, 0.1) is 7.11 Å². The molecular weight excluding hydrogens is 430 g/mol. The van der Waals surface area contributed by atoms with Crippen molar-refractivity contribution in [1.29, 1.82) is 0 Å². The minimum absolute atomic E-state index is 0.0265. The number of amides is 2. The fraction of sp³-hybridized carbons (Fsp3) is 0.174. The van der Waals surface area contributed by atoms with Gasteiger partial charge in [-0.3, -0.25) is 9.59 Å². The molecule has 32 heavy (non-hydrogen) atoms. The molecule has 1 aliphatic rings. The molecule has 1 aromatic heterocycles. The number of hydrogen-bond acceptors (Lipinski definition) is 6. The second-order valence-corrected chi connectivity index (χ2v) is 9.11. The number of carbonyl (C=O) groups is 2. The molecule has 0 spiro atoms. The highest BCUT2D eigenvalue weighted by molar-refractivity contribution is 7.89. The molecule has 1 N–H and O–H groups in total. The number of nitrogens with zero attached hydrogens (tertiary/aromatic N) is 2. The van der Waals surface area contributed by atoms with E-state index in [1.807, 2.05) is 30.3 Å². The van der Waals surface area contributed by atoms with Crippen molar-refractivity contribution in [3.8, 4) is 5.75 Å². The van der Waals surface area contributed by atoms with E-state index in [4.69, 9.17) is 4.74 Å². The second kappa shape index (κ2) is 8.80. The van der Waals surface area contributed by atoms with E-state index in [0.29, 0.717) is 5.82 Å². The van der Waals surface area contributed by atoms with Crippen molar-refractivity contribution in [3.05, 3.63) is 84.1 Å². The highest BCUT2D eigenvalue weighted by Crippen LogP contribution is 2.35. The summed E-state index contributed by atoms with van der Waals surface area (Å²) in [5, 5.41) is 2.61. The summed E-state index contributed by atoms with van der Waals surface area (Å²) < 4.78 is 32.9. The van der Waals surface area contributed by atoms with E-state index >= 15 is 0 Å². The SMILES string of the molecule is COc1ccc(C(=O)Nc2ccccn2)cc1S(=O)(=O)N1C[C@H](c2ccccc2)CC1=O. The second-order valence-electron chi connectivity index (χ2n) is 7.28. The molecule has 1 aliphatic heterocycles. The van der Waals surface area contributed by atoms with Crippen LogP contribution in [0.3, 0.4) is 0 Å². The van der Waals surface area contributed by atoms with Crippen LogP contribution < -0.4 is 10.1 Å². The summed E-state index contributed by atoms with van der Waals surface area (Å²) in [7, 11) is -2.90. The molecule has 1 fully saturated rings. The number of ether oxygens (including phenoxy) is 1. The smallest absolute Gasteiger partial charge is 0.270 e. The van der Waals surface area contributed by atoms with E-state index in [1.54, 1.807) is 18.2 Å². The number of rotatable bonds is 6. The zero-order valence-electron chi connectivity index (χ0n) is 17.3. The van der Waals surface area contributed by atoms with E-state index in [-0.39, 0.29) is 35.1 Å². The predicted octanol–water partition coefficient (Wildman–Crippen LogP) is 3.05. The number of aromatic nitrogens is 1. The van der Waals surface area contributed by atoms with Gasteiger partial charge in [0, 0.05) is 30.6 Å². The quantitative estimate of drug-likeness (QED) is 0.618. The molecule has 0 unspecified atom stereocenters. The first-order valence-corrected chi connectivity index (χ1v) is 11.3. The van der Waals surface area contributed by atoms with Gasteiger partial charge < -0.3 is 10.1 Å². The fourth-order valence-electron chi connectivity index (χ4n) is 3.62. The molecule has 2 aromatic carbocycles. The maximum atomic E-state index is 13.4. The molecule has 2 amide bonds. The van der Waals surface area contributed by atoms with Gasteiger partial charge in [-0.2, -0.15) is 0 Å². The topological polar surface area (TPSA) is 106 Å². The normalized spacial score (nSPS) is 16.1. The summed E-state index contributed by atoms with van der Waals surface area (Å²) in [5.74, 6) is -0.879. The highest BCUT2D eigenvalue weighted by atomic mass is 32.2. The van der Waals surface area contributed by atoms with Crippen molar-refractivity contribution in [2.24, 2.45) is 0 Å². The summed E-state index contributed by atoms with van der Waals surface area (Å²) >= 11 is 0. The number of nitrogens with one attached hydrogen (secondary N) is 1. The molecule has 2 heterocycles. The van der Waals surface area contributed by atoms with E-state index in [1.165, 1.54) is 31.5 Å². The minimum atomic E-state index is -4.24. The lowest BCUT2D eigenvalue weighted by molar-refractivity contribution is -0.123. The van der Waals surface area contributed by atoms with Crippen molar-refractivity contribution < 1.29 is 22.7 Å². The van der Waals surface area contributed by atoms with E-state index in [0.717, 1.165) is 9.87 Å². The first-order valence-electron chi connectivity index (χ1n) is 9.91. The molecule has 0 radical (unpaired) electrons.